The van der Waals surface area contributed by atoms with E-state index in [1.165, 1.54) is 11.3 Å². The van der Waals surface area contributed by atoms with Crippen LogP contribution in [0.5, 0.6) is 11.5 Å². The molecule has 0 atom stereocenters. The maximum absolute atomic E-state index is 12.2. The van der Waals surface area contributed by atoms with E-state index in [0.29, 0.717) is 19.8 Å². The zero-order valence-electron chi connectivity index (χ0n) is 14.2. The molecule has 136 valence electrons. The van der Waals surface area contributed by atoms with Gasteiger partial charge in [0.05, 0.1) is 4.88 Å². The molecule has 0 spiro atoms. The fourth-order valence-electron chi connectivity index (χ4n) is 2.46. The molecule has 2 aromatic rings. The summed E-state index contributed by atoms with van der Waals surface area (Å²) in [5, 5.41) is 6.20. The van der Waals surface area contributed by atoms with E-state index in [1.54, 1.807) is 0 Å². The summed E-state index contributed by atoms with van der Waals surface area (Å²) in [7, 11) is 0. The van der Waals surface area contributed by atoms with Crippen molar-refractivity contribution >= 4 is 29.7 Å². The van der Waals surface area contributed by atoms with Crippen molar-refractivity contribution in [2.75, 3.05) is 32.8 Å². The van der Waals surface area contributed by atoms with Gasteiger partial charge in [0.15, 0.2) is 11.5 Å². The van der Waals surface area contributed by atoms with Crippen molar-refractivity contribution in [1.82, 2.24) is 10.6 Å². The van der Waals surface area contributed by atoms with E-state index < -0.39 is 0 Å². The summed E-state index contributed by atoms with van der Waals surface area (Å²) in [6, 6.07) is 9.72. The summed E-state index contributed by atoms with van der Waals surface area (Å²) in [5.41, 5.74) is 1.04. The molecule has 0 fully saturated rings. The summed E-state index contributed by atoms with van der Waals surface area (Å²) in [5.74, 6) is 1.52. The van der Waals surface area contributed by atoms with Crippen molar-refractivity contribution < 1.29 is 14.3 Å². The molecule has 1 aromatic heterocycles. The van der Waals surface area contributed by atoms with Crippen LogP contribution < -0.4 is 20.1 Å². The lowest BCUT2D eigenvalue weighted by atomic mass is 10.1. The molecule has 5 nitrogen and oxygen atoms in total. The number of carbonyl (C=O) groups is 1. The van der Waals surface area contributed by atoms with Crippen LogP contribution >= 0.6 is 23.7 Å². The monoisotopic (exact) mass is 382 g/mol. The number of hydrogen-bond donors (Lipinski definition) is 2. The van der Waals surface area contributed by atoms with E-state index in [2.05, 4.69) is 17.6 Å². The Hall–Kier alpha value is -1.76. The minimum Gasteiger partial charge on any atom is -0.486 e. The molecular formula is C18H23ClN2O3S. The minimum atomic E-state index is -0.0258. The van der Waals surface area contributed by atoms with Gasteiger partial charge in [-0.1, -0.05) is 6.92 Å². The Morgan fingerprint density at radius 1 is 1.08 bits per heavy atom. The molecule has 3 rings (SSSR count). The highest BCUT2D eigenvalue weighted by Gasteiger charge is 2.14. The lowest BCUT2D eigenvalue weighted by Crippen LogP contribution is -2.31. The molecule has 1 amide bonds. The molecule has 1 aromatic carbocycles. The van der Waals surface area contributed by atoms with Gasteiger partial charge in [-0.15, -0.1) is 23.7 Å². The number of carbonyl (C=O) groups excluding carboxylic acids is 1. The smallest absolute Gasteiger partial charge is 0.261 e. The van der Waals surface area contributed by atoms with E-state index >= 15 is 0 Å². The zero-order valence-corrected chi connectivity index (χ0v) is 15.8. The topological polar surface area (TPSA) is 59.6 Å². The van der Waals surface area contributed by atoms with Crippen molar-refractivity contribution in [3.05, 3.63) is 35.2 Å². The molecule has 0 radical (unpaired) electrons. The van der Waals surface area contributed by atoms with Gasteiger partial charge in [-0.05, 0) is 48.9 Å². The van der Waals surface area contributed by atoms with Gasteiger partial charge in [0, 0.05) is 18.0 Å². The van der Waals surface area contributed by atoms with Gasteiger partial charge in [-0.25, -0.2) is 0 Å². The van der Waals surface area contributed by atoms with Gasteiger partial charge in [0.25, 0.3) is 5.91 Å². The van der Waals surface area contributed by atoms with Gasteiger partial charge in [0.2, 0.25) is 0 Å². The molecule has 7 heteroatoms. The summed E-state index contributed by atoms with van der Waals surface area (Å²) < 4.78 is 11.2. The predicted molar refractivity (Wildman–Crippen MR) is 103 cm³/mol. The first-order valence-electron chi connectivity index (χ1n) is 8.26. The van der Waals surface area contributed by atoms with Crippen LogP contribution in [0.4, 0.5) is 0 Å². The number of ether oxygens (including phenoxy) is 2. The highest BCUT2D eigenvalue weighted by molar-refractivity contribution is 7.17. The number of rotatable bonds is 7. The average Bonchev–Trinajstić information content (AvgIpc) is 3.11. The van der Waals surface area contributed by atoms with Gasteiger partial charge in [0.1, 0.15) is 13.2 Å². The maximum Gasteiger partial charge on any atom is 0.261 e. The molecule has 0 bridgehead atoms. The third-order valence-corrected chi connectivity index (χ3v) is 4.80. The molecule has 1 aliphatic rings. The molecule has 0 unspecified atom stereocenters. The summed E-state index contributed by atoms with van der Waals surface area (Å²) in [6.07, 6.45) is 1.10. The third-order valence-electron chi connectivity index (χ3n) is 3.67. The molecule has 2 heterocycles. The van der Waals surface area contributed by atoms with Crippen LogP contribution in [0, 0.1) is 0 Å². The number of halogens is 1. The Morgan fingerprint density at radius 3 is 2.68 bits per heavy atom. The predicted octanol–water partition coefficient (Wildman–Crippen LogP) is 3.34. The number of nitrogens with one attached hydrogen (secondary N) is 2. The van der Waals surface area contributed by atoms with Crippen molar-refractivity contribution in [2.24, 2.45) is 0 Å². The Kier molecular flexibility index (Phi) is 7.55. The Balaban J connectivity index is 0.00000225. The van der Waals surface area contributed by atoms with Crippen LogP contribution in [0.1, 0.15) is 23.0 Å². The number of hydrogen-bond acceptors (Lipinski definition) is 5. The van der Waals surface area contributed by atoms with Crippen molar-refractivity contribution in [1.29, 1.82) is 0 Å². The first kappa shape index (κ1) is 19.6. The highest BCUT2D eigenvalue weighted by Crippen LogP contribution is 2.36. The zero-order chi connectivity index (χ0) is 16.8. The van der Waals surface area contributed by atoms with Crippen LogP contribution in [0.3, 0.4) is 0 Å². The van der Waals surface area contributed by atoms with E-state index in [9.17, 15) is 4.79 Å². The summed E-state index contributed by atoms with van der Waals surface area (Å²) in [6.45, 7) is 5.68. The number of amides is 1. The van der Waals surface area contributed by atoms with E-state index in [0.717, 1.165) is 46.3 Å². The third kappa shape index (κ3) is 5.11. The molecule has 1 aliphatic heterocycles. The van der Waals surface area contributed by atoms with Crippen molar-refractivity contribution in [3.8, 4) is 21.9 Å². The Labute approximate surface area is 158 Å². The van der Waals surface area contributed by atoms with Crippen LogP contribution in [0.2, 0.25) is 0 Å². The van der Waals surface area contributed by atoms with Crippen LogP contribution in [0.15, 0.2) is 30.3 Å². The maximum atomic E-state index is 12.2. The normalized spacial score (nSPS) is 12.4. The second kappa shape index (κ2) is 9.65. The minimum absolute atomic E-state index is 0. The standard InChI is InChI=1S/C18H22N2O3S.ClH/c1-2-7-19-8-9-20-18(21)17-6-5-16(24-17)13-3-4-14-15(12-13)23-11-10-22-14;/h3-6,12,19H,2,7-11H2,1H3,(H,20,21);1H. The SMILES string of the molecule is CCCNCCNC(=O)c1ccc(-c2ccc3c(c2)OCCO3)s1.Cl. The fraction of sp³-hybridized carbons (Fsp3) is 0.389. The first-order valence-corrected chi connectivity index (χ1v) is 9.08. The number of thiophene rings is 1. The van der Waals surface area contributed by atoms with E-state index in [-0.39, 0.29) is 18.3 Å². The summed E-state index contributed by atoms with van der Waals surface area (Å²) in [4.78, 5) is 13.9. The van der Waals surface area contributed by atoms with Gasteiger partial charge in [-0.2, -0.15) is 0 Å². The van der Waals surface area contributed by atoms with Gasteiger partial charge < -0.3 is 20.1 Å². The quantitative estimate of drug-likeness (QED) is 0.721. The molecule has 0 aliphatic carbocycles. The second-order valence-corrected chi connectivity index (χ2v) is 6.61. The molecule has 25 heavy (non-hydrogen) atoms. The Bertz CT molecular complexity index is 705. The molecule has 2 N–H and O–H groups in total. The highest BCUT2D eigenvalue weighted by atomic mass is 35.5. The van der Waals surface area contributed by atoms with Gasteiger partial charge in [-0.3, -0.25) is 4.79 Å². The Morgan fingerprint density at radius 2 is 1.88 bits per heavy atom. The van der Waals surface area contributed by atoms with Crippen LogP contribution in [0.25, 0.3) is 10.4 Å². The first-order chi connectivity index (χ1) is 11.8. The lowest BCUT2D eigenvalue weighted by molar-refractivity contribution is 0.0958. The van der Waals surface area contributed by atoms with E-state index in [1.807, 2.05) is 30.3 Å². The number of fused-ring (bicyclic) bond motifs is 1. The lowest BCUT2D eigenvalue weighted by Gasteiger charge is -2.18. The van der Waals surface area contributed by atoms with Gasteiger partial charge >= 0.3 is 0 Å². The van der Waals surface area contributed by atoms with E-state index in [4.69, 9.17) is 9.47 Å². The van der Waals surface area contributed by atoms with Crippen molar-refractivity contribution in [2.45, 2.75) is 13.3 Å². The summed E-state index contributed by atoms with van der Waals surface area (Å²) >= 11 is 1.48. The fourth-order valence-corrected chi connectivity index (χ4v) is 3.38. The molecule has 0 saturated heterocycles. The van der Waals surface area contributed by atoms with Crippen LogP contribution in [-0.4, -0.2) is 38.8 Å². The molecule has 0 saturated carbocycles. The van der Waals surface area contributed by atoms with Crippen molar-refractivity contribution in [3.63, 3.8) is 0 Å². The van der Waals surface area contributed by atoms with Crippen LogP contribution in [-0.2, 0) is 0 Å². The second-order valence-electron chi connectivity index (χ2n) is 5.53. The molecular weight excluding hydrogens is 360 g/mol. The number of benzene rings is 1. The largest absolute Gasteiger partial charge is 0.486 e. The average molecular weight is 383 g/mol.